The van der Waals surface area contributed by atoms with Crippen molar-refractivity contribution in [1.82, 2.24) is 19.7 Å². The molecule has 0 radical (unpaired) electrons. The summed E-state index contributed by atoms with van der Waals surface area (Å²) in [6, 6.07) is 6.47. The number of carbonyl (C=O) groups is 1. The first-order valence-electron chi connectivity index (χ1n) is 8.33. The molecule has 0 bridgehead atoms. The number of likely N-dealkylation sites (tertiary alicyclic amines) is 1. The van der Waals surface area contributed by atoms with Crippen molar-refractivity contribution in [3.63, 3.8) is 0 Å². The van der Waals surface area contributed by atoms with E-state index in [-0.39, 0.29) is 5.91 Å². The molecule has 1 saturated heterocycles. The molecule has 5 heteroatoms. The minimum Gasteiger partial charge on any atom is -0.338 e. The fourth-order valence-corrected chi connectivity index (χ4v) is 3.40. The van der Waals surface area contributed by atoms with Crippen molar-refractivity contribution < 1.29 is 4.79 Å². The molecule has 0 aromatic carbocycles. The van der Waals surface area contributed by atoms with Gasteiger partial charge >= 0.3 is 0 Å². The average molecular weight is 312 g/mol. The smallest absolute Gasteiger partial charge is 0.244 e. The van der Waals surface area contributed by atoms with Gasteiger partial charge in [-0.15, -0.1) is 0 Å². The summed E-state index contributed by atoms with van der Waals surface area (Å²) in [6.45, 7) is 5.18. The molecule has 2 aromatic rings. The summed E-state index contributed by atoms with van der Waals surface area (Å²) >= 11 is 0. The Bertz CT molecular complexity index is 665. The van der Waals surface area contributed by atoms with Crippen LogP contribution in [0.1, 0.15) is 36.2 Å². The van der Waals surface area contributed by atoms with Crippen LogP contribution < -0.4 is 0 Å². The predicted molar refractivity (Wildman–Crippen MR) is 89.0 cm³/mol. The average Bonchev–Trinajstić information content (AvgIpc) is 3.13. The van der Waals surface area contributed by atoms with Crippen molar-refractivity contribution in [2.75, 3.05) is 6.54 Å². The van der Waals surface area contributed by atoms with Crippen LogP contribution in [0.2, 0.25) is 0 Å². The first-order valence-corrected chi connectivity index (χ1v) is 8.33. The normalized spacial score (nSPS) is 17.7. The second kappa shape index (κ2) is 6.94. The van der Waals surface area contributed by atoms with Gasteiger partial charge in [0.25, 0.3) is 0 Å². The molecule has 0 unspecified atom stereocenters. The van der Waals surface area contributed by atoms with Crippen LogP contribution in [0.15, 0.2) is 30.6 Å². The third-order valence-corrected chi connectivity index (χ3v) is 4.60. The second-order valence-corrected chi connectivity index (χ2v) is 6.36. The topological polar surface area (TPSA) is 51.0 Å². The van der Waals surface area contributed by atoms with Gasteiger partial charge in [0, 0.05) is 30.7 Å². The van der Waals surface area contributed by atoms with Crippen LogP contribution in [0.25, 0.3) is 0 Å². The van der Waals surface area contributed by atoms with E-state index >= 15 is 0 Å². The van der Waals surface area contributed by atoms with Crippen molar-refractivity contribution in [3.05, 3.63) is 47.5 Å². The van der Waals surface area contributed by atoms with Crippen LogP contribution in [0, 0.1) is 13.8 Å². The van der Waals surface area contributed by atoms with Crippen molar-refractivity contribution in [2.24, 2.45) is 0 Å². The van der Waals surface area contributed by atoms with E-state index in [9.17, 15) is 4.79 Å². The van der Waals surface area contributed by atoms with Crippen molar-refractivity contribution in [3.8, 4) is 0 Å². The molecule has 1 aliphatic rings. The molecular formula is C18H24N4O. The number of pyridine rings is 1. The number of hydrogen-bond donors (Lipinski definition) is 0. The quantitative estimate of drug-likeness (QED) is 0.852. The Kier molecular flexibility index (Phi) is 4.74. The Labute approximate surface area is 137 Å². The maximum Gasteiger partial charge on any atom is 0.244 e. The SMILES string of the molecule is Cc1cc(C)n(CC(=O)N2CCC[C@H]2CCc2ccncc2)n1. The van der Waals surface area contributed by atoms with E-state index in [4.69, 9.17) is 0 Å². The fourth-order valence-electron chi connectivity index (χ4n) is 3.40. The number of carbonyl (C=O) groups excluding carboxylic acids is 1. The van der Waals surface area contributed by atoms with Gasteiger partial charge in [0.15, 0.2) is 0 Å². The summed E-state index contributed by atoms with van der Waals surface area (Å²) in [5.74, 6) is 0.188. The number of aryl methyl sites for hydroxylation is 3. The molecule has 0 aliphatic carbocycles. The molecule has 0 saturated carbocycles. The van der Waals surface area contributed by atoms with Gasteiger partial charge in [0.05, 0.1) is 5.69 Å². The van der Waals surface area contributed by atoms with Crippen LogP contribution in [0.3, 0.4) is 0 Å². The van der Waals surface area contributed by atoms with Crippen LogP contribution in [0.5, 0.6) is 0 Å². The largest absolute Gasteiger partial charge is 0.338 e. The van der Waals surface area contributed by atoms with Crippen LogP contribution in [-0.2, 0) is 17.8 Å². The van der Waals surface area contributed by atoms with E-state index in [1.807, 2.05) is 37.0 Å². The molecule has 0 N–H and O–H groups in total. The maximum atomic E-state index is 12.7. The minimum absolute atomic E-state index is 0.188. The Balaban J connectivity index is 1.59. The number of aromatic nitrogens is 3. The molecule has 23 heavy (non-hydrogen) atoms. The van der Waals surface area contributed by atoms with Gasteiger partial charge in [-0.05, 0) is 63.3 Å². The summed E-state index contributed by atoms with van der Waals surface area (Å²) in [5.41, 5.74) is 3.30. The first kappa shape index (κ1) is 15.7. The predicted octanol–water partition coefficient (Wildman–Crippen LogP) is 2.52. The first-order chi connectivity index (χ1) is 11.1. The minimum atomic E-state index is 0.188. The molecule has 0 spiro atoms. The van der Waals surface area contributed by atoms with Gasteiger partial charge in [-0.1, -0.05) is 0 Å². The fraction of sp³-hybridized carbons (Fsp3) is 0.500. The maximum absolute atomic E-state index is 12.7. The Hall–Kier alpha value is -2.17. The van der Waals surface area contributed by atoms with Gasteiger partial charge in [0.1, 0.15) is 6.54 Å². The van der Waals surface area contributed by atoms with Crippen LogP contribution in [-0.4, -0.2) is 38.2 Å². The Morgan fingerprint density at radius 1 is 1.30 bits per heavy atom. The molecule has 3 heterocycles. The summed E-state index contributed by atoms with van der Waals surface area (Å²) in [6.07, 6.45) is 7.88. The summed E-state index contributed by atoms with van der Waals surface area (Å²) in [7, 11) is 0. The van der Waals surface area contributed by atoms with Gasteiger partial charge in [-0.3, -0.25) is 14.5 Å². The highest BCUT2D eigenvalue weighted by Crippen LogP contribution is 2.22. The van der Waals surface area contributed by atoms with Crippen molar-refractivity contribution >= 4 is 5.91 Å². The van der Waals surface area contributed by atoms with E-state index in [1.165, 1.54) is 5.56 Å². The number of rotatable bonds is 5. The van der Waals surface area contributed by atoms with Gasteiger partial charge in [-0.2, -0.15) is 5.10 Å². The standard InChI is InChI=1S/C18H24N4O/c1-14-12-15(2)22(20-14)13-18(23)21-11-3-4-17(21)6-5-16-7-9-19-10-8-16/h7-10,12,17H,3-6,11,13H2,1-2H3/t17-/m0/s1. The monoisotopic (exact) mass is 312 g/mol. The molecule has 5 nitrogen and oxygen atoms in total. The number of hydrogen-bond acceptors (Lipinski definition) is 3. The third-order valence-electron chi connectivity index (χ3n) is 4.60. The molecule has 1 fully saturated rings. The van der Waals surface area contributed by atoms with E-state index < -0.39 is 0 Å². The summed E-state index contributed by atoms with van der Waals surface area (Å²) < 4.78 is 1.82. The summed E-state index contributed by atoms with van der Waals surface area (Å²) in [4.78, 5) is 18.8. The molecule has 122 valence electrons. The number of nitrogens with zero attached hydrogens (tertiary/aromatic N) is 4. The Morgan fingerprint density at radius 3 is 2.78 bits per heavy atom. The second-order valence-electron chi connectivity index (χ2n) is 6.36. The molecule has 1 atom stereocenters. The highest BCUT2D eigenvalue weighted by molar-refractivity contribution is 5.76. The number of amides is 1. The zero-order valence-electron chi connectivity index (χ0n) is 13.9. The lowest BCUT2D eigenvalue weighted by atomic mass is 10.0. The van der Waals surface area contributed by atoms with Gasteiger partial charge < -0.3 is 4.90 Å². The molecule has 1 amide bonds. The zero-order valence-corrected chi connectivity index (χ0v) is 13.9. The van der Waals surface area contributed by atoms with E-state index in [2.05, 4.69) is 27.1 Å². The van der Waals surface area contributed by atoms with Crippen LogP contribution in [0.4, 0.5) is 0 Å². The lowest BCUT2D eigenvalue weighted by molar-refractivity contribution is -0.133. The van der Waals surface area contributed by atoms with Crippen LogP contribution >= 0.6 is 0 Å². The molecule has 1 aliphatic heterocycles. The van der Waals surface area contributed by atoms with Gasteiger partial charge in [0.2, 0.25) is 5.91 Å². The molecular weight excluding hydrogens is 288 g/mol. The van der Waals surface area contributed by atoms with E-state index in [0.29, 0.717) is 12.6 Å². The lowest BCUT2D eigenvalue weighted by Gasteiger charge is -2.25. The highest BCUT2D eigenvalue weighted by Gasteiger charge is 2.28. The Morgan fingerprint density at radius 2 is 2.09 bits per heavy atom. The van der Waals surface area contributed by atoms with E-state index in [0.717, 1.165) is 43.6 Å². The van der Waals surface area contributed by atoms with Crippen molar-refractivity contribution in [1.29, 1.82) is 0 Å². The van der Waals surface area contributed by atoms with Gasteiger partial charge in [-0.25, -0.2) is 0 Å². The molecule has 2 aromatic heterocycles. The van der Waals surface area contributed by atoms with Crippen molar-refractivity contribution in [2.45, 2.75) is 52.1 Å². The highest BCUT2D eigenvalue weighted by atomic mass is 16.2. The van der Waals surface area contributed by atoms with E-state index in [1.54, 1.807) is 0 Å². The summed E-state index contributed by atoms with van der Waals surface area (Å²) in [5, 5.41) is 4.40. The lowest BCUT2D eigenvalue weighted by Crippen LogP contribution is -2.38. The molecule has 3 rings (SSSR count). The third kappa shape index (κ3) is 3.78. The zero-order chi connectivity index (χ0) is 16.2.